The van der Waals surface area contributed by atoms with Crippen LogP contribution in [-0.4, -0.2) is 67.0 Å². The first-order valence-corrected chi connectivity index (χ1v) is 8.72. The number of carboxylic acid groups (broad SMARTS) is 1. The number of nitrogens with zero attached hydrogens (tertiary/aromatic N) is 3. The fourth-order valence-electron chi connectivity index (χ4n) is 3.82. The second kappa shape index (κ2) is 6.14. The Balaban J connectivity index is 1.86. The highest BCUT2D eigenvalue weighted by molar-refractivity contribution is 5.92. The van der Waals surface area contributed by atoms with Crippen molar-refractivity contribution in [2.75, 3.05) is 49.6 Å². The molecule has 0 bridgehead atoms. The van der Waals surface area contributed by atoms with Crippen molar-refractivity contribution in [2.24, 2.45) is 0 Å². The van der Waals surface area contributed by atoms with Crippen LogP contribution in [0, 0.1) is 5.82 Å². The fraction of sp³-hybridized carbons (Fsp3) is 0.500. The summed E-state index contributed by atoms with van der Waals surface area (Å²) in [5.74, 6) is -1.32. The molecule has 0 saturated carbocycles. The Bertz CT molecular complexity index is 789. The van der Waals surface area contributed by atoms with Crippen LogP contribution < -0.4 is 14.5 Å². The van der Waals surface area contributed by atoms with E-state index in [2.05, 4.69) is 4.90 Å². The maximum atomic E-state index is 15.0. The molecule has 1 fully saturated rings. The van der Waals surface area contributed by atoms with E-state index in [1.54, 1.807) is 4.90 Å². The van der Waals surface area contributed by atoms with Gasteiger partial charge in [0.25, 0.3) is 0 Å². The summed E-state index contributed by atoms with van der Waals surface area (Å²) in [4.78, 5) is 17.4. The summed E-state index contributed by atoms with van der Waals surface area (Å²) in [6.45, 7) is 5.22. The van der Waals surface area contributed by atoms with E-state index in [9.17, 15) is 15.0 Å². The largest absolute Gasteiger partial charge is 0.487 e. The minimum Gasteiger partial charge on any atom is -0.487 e. The van der Waals surface area contributed by atoms with Crippen LogP contribution in [0.5, 0.6) is 5.75 Å². The van der Waals surface area contributed by atoms with Crippen molar-refractivity contribution >= 4 is 17.3 Å². The number of benzene rings is 1. The van der Waals surface area contributed by atoms with Gasteiger partial charge in [-0.25, -0.2) is 9.18 Å². The lowest BCUT2D eigenvalue weighted by Gasteiger charge is -2.43. The number of hydrogen-bond acceptors (Lipinski definition) is 6. The smallest absolute Gasteiger partial charge is 0.336 e. The first-order valence-electron chi connectivity index (χ1n) is 8.72. The molecule has 7 nitrogen and oxygen atoms in total. The lowest BCUT2D eigenvalue weighted by atomic mass is 9.92. The van der Waals surface area contributed by atoms with Crippen LogP contribution in [0.3, 0.4) is 0 Å². The van der Waals surface area contributed by atoms with E-state index in [4.69, 9.17) is 4.74 Å². The number of carboxylic acids is 1. The molecular weight excluding hydrogens is 341 g/mol. The molecule has 2 N–H and O–H groups in total. The molecule has 3 heterocycles. The zero-order valence-electron chi connectivity index (χ0n) is 14.8. The van der Waals surface area contributed by atoms with Crippen LogP contribution >= 0.6 is 0 Å². The molecule has 0 aliphatic carbocycles. The molecule has 26 heavy (non-hydrogen) atoms. The van der Waals surface area contributed by atoms with Crippen molar-refractivity contribution in [3.8, 4) is 5.75 Å². The van der Waals surface area contributed by atoms with Gasteiger partial charge in [-0.3, -0.25) is 0 Å². The van der Waals surface area contributed by atoms with Crippen LogP contribution in [-0.2, 0) is 4.79 Å². The van der Waals surface area contributed by atoms with Crippen molar-refractivity contribution in [3.63, 3.8) is 0 Å². The number of rotatable bonds is 2. The predicted octanol–water partition coefficient (Wildman–Crippen LogP) is 1.18. The normalized spacial score (nSPS) is 25.5. The molecule has 0 aromatic heterocycles. The SMILES string of the molecule is C[C@H]1COc2c(N3CCN(C)CC3)c(F)cc3c2N1C=C(C(=O)O)C3O. The maximum Gasteiger partial charge on any atom is 0.336 e. The van der Waals surface area contributed by atoms with E-state index in [1.165, 1.54) is 12.3 Å². The number of piperazine rings is 1. The van der Waals surface area contributed by atoms with Gasteiger partial charge in [0.1, 0.15) is 18.4 Å². The average Bonchev–Trinajstić information content (AvgIpc) is 2.60. The molecule has 3 aliphatic heterocycles. The highest BCUT2D eigenvalue weighted by Crippen LogP contribution is 2.51. The van der Waals surface area contributed by atoms with Gasteiger partial charge in [-0.1, -0.05) is 0 Å². The van der Waals surface area contributed by atoms with Gasteiger partial charge >= 0.3 is 5.97 Å². The van der Waals surface area contributed by atoms with Gasteiger partial charge in [-0.2, -0.15) is 0 Å². The third kappa shape index (κ3) is 2.52. The lowest BCUT2D eigenvalue weighted by molar-refractivity contribution is -0.133. The molecule has 8 heteroatoms. The Labute approximate surface area is 150 Å². The van der Waals surface area contributed by atoms with Crippen molar-refractivity contribution in [1.29, 1.82) is 0 Å². The third-order valence-electron chi connectivity index (χ3n) is 5.35. The van der Waals surface area contributed by atoms with E-state index in [1.807, 2.05) is 18.9 Å². The number of likely N-dealkylation sites (N-methyl/N-ethyl adjacent to an activating group) is 1. The fourth-order valence-corrected chi connectivity index (χ4v) is 3.82. The number of hydrogen-bond donors (Lipinski definition) is 2. The van der Waals surface area contributed by atoms with Crippen LogP contribution in [0.1, 0.15) is 18.6 Å². The Morgan fingerprint density at radius 2 is 1.96 bits per heavy atom. The highest BCUT2D eigenvalue weighted by atomic mass is 19.1. The molecule has 140 valence electrons. The summed E-state index contributed by atoms with van der Waals surface area (Å²) in [7, 11) is 2.03. The Morgan fingerprint density at radius 3 is 2.62 bits per heavy atom. The molecule has 0 amide bonds. The number of halogens is 1. The summed E-state index contributed by atoms with van der Waals surface area (Å²) in [6.07, 6.45) is 0.0555. The quantitative estimate of drug-likeness (QED) is 0.817. The standard InChI is InChI=1S/C18H22FN3O4/c1-10-9-26-17-14-11(16(23)12(18(24)25)8-22(10)14)7-13(19)15(17)21-5-3-20(2)4-6-21/h7-8,10,16,23H,3-6,9H2,1-2H3,(H,24,25)/t10-,16?/m0/s1. The molecule has 2 atom stereocenters. The van der Waals surface area contributed by atoms with Crippen LogP contribution in [0.2, 0.25) is 0 Å². The van der Waals surface area contributed by atoms with E-state index >= 15 is 4.39 Å². The summed E-state index contributed by atoms with van der Waals surface area (Å²) in [5, 5.41) is 19.9. The van der Waals surface area contributed by atoms with Gasteiger partial charge in [0.15, 0.2) is 11.6 Å². The van der Waals surface area contributed by atoms with Gasteiger partial charge < -0.3 is 29.6 Å². The minimum atomic E-state index is -1.39. The third-order valence-corrected chi connectivity index (χ3v) is 5.35. The van der Waals surface area contributed by atoms with Crippen molar-refractivity contribution < 1.29 is 24.1 Å². The highest BCUT2D eigenvalue weighted by Gasteiger charge is 2.39. The second-order valence-corrected chi connectivity index (χ2v) is 7.12. The van der Waals surface area contributed by atoms with E-state index in [0.717, 1.165) is 13.1 Å². The summed E-state index contributed by atoms with van der Waals surface area (Å²) in [6, 6.07) is 1.13. The maximum absolute atomic E-state index is 15.0. The van der Waals surface area contributed by atoms with Crippen molar-refractivity contribution in [1.82, 2.24) is 4.90 Å². The zero-order valence-corrected chi connectivity index (χ0v) is 14.8. The van der Waals surface area contributed by atoms with Gasteiger partial charge in [0.2, 0.25) is 0 Å². The zero-order chi connectivity index (χ0) is 18.6. The minimum absolute atomic E-state index is 0.117. The number of aliphatic hydroxyl groups is 1. The topological polar surface area (TPSA) is 76.5 Å². The van der Waals surface area contributed by atoms with E-state index in [-0.39, 0.29) is 17.2 Å². The Morgan fingerprint density at radius 1 is 1.27 bits per heavy atom. The average molecular weight is 363 g/mol. The summed E-state index contributed by atoms with van der Waals surface area (Å²) >= 11 is 0. The van der Waals surface area contributed by atoms with E-state index in [0.29, 0.717) is 36.8 Å². The first-order chi connectivity index (χ1) is 12.4. The molecule has 0 spiro atoms. The number of anilines is 2. The molecular formula is C18H22FN3O4. The molecule has 3 aliphatic rings. The number of aliphatic hydroxyl groups excluding tert-OH is 1. The predicted molar refractivity (Wildman–Crippen MR) is 94.2 cm³/mol. The van der Waals surface area contributed by atoms with Gasteiger partial charge in [-0.15, -0.1) is 0 Å². The molecule has 1 aromatic rings. The Kier molecular flexibility index (Phi) is 4.04. The van der Waals surface area contributed by atoms with Crippen LogP contribution in [0.25, 0.3) is 0 Å². The van der Waals surface area contributed by atoms with Crippen molar-refractivity contribution in [2.45, 2.75) is 19.1 Å². The molecule has 1 unspecified atom stereocenters. The van der Waals surface area contributed by atoms with Crippen LogP contribution in [0.4, 0.5) is 15.8 Å². The van der Waals surface area contributed by atoms with Crippen LogP contribution in [0.15, 0.2) is 17.8 Å². The summed E-state index contributed by atoms with van der Waals surface area (Å²) in [5.41, 5.74) is 1.04. The summed E-state index contributed by atoms with van der Waals surface area (Å²) < 4.78 is 20.9. The first kappa shape index (κ1) is 17.1. The van der Waals surface area contributed by atoms with Gasteiger partial charge in [0.05, 0.1) is 17.3 Å². The second-order valence-electron chi connectivity index (χ2n) is 7.12. The lowest BCUT2D eigenvalue weighted by Crippen LogP contribution is -2.46. The van der Waals surface area contributed by atoms with Crippen molar-refractivity contribution in [3.05, 3.63) is 29.2 Å². The monoisotopic (exact) mass is 363 g/mol. The molecule has 1 aromatic carbocycles. The van der Waals surface area contributed by atoms with E-state index < -0.39 is 17.9 Å². The number of ether oxygens (including phenoxy) is 1. The molecule has 0 radical (unpaired) electrons. The Hall–Kier alpha value is -2.32. The molecule has 1 saturated heterocycles. The number of carbonyl (C=O) groups is 1. The van der Waals surface area contributed by atoms with Gasteiger partial charge in [0, 0.05) is 37.9 Å². The van der Waals surface area contributed by atoms with Gasteiger partial charge in [-0.05, 0) is 20.0 Å². The number of aliphatic carboxylic acids is 1. The molecule has 4 rings (SSSR count).